The number of carbonyl (C=O) groups excluding carboxylic acids is 1. The zero-order chi connectivity index (χ0) is 15.6. The molecule has 1 aliphatic heterocycles. The van der Waals surface area contributed by atoms with Crippen molar-refractivity contribution in [1.82, 2.24) is 19.8 Å². The predicted octanol–water partition coefficient (Wildman–Crippen LogP) is -0.753. The van der Waals surface area contributed by atoms with Gasteiger partial charge in [-0.1, -0.05) is 0 Å². The van der Waals surface area contributed by atoms with Gasteiger partial charge in [-0.2, -0.15) is 5.10 Å². The van der Waals surface area contributed by atoms with E-state index in [1.54, 1.807) is 13.8 Å². The fourth-order valence-corrected chi connectivity index (χ4v) is 2.92. The van der Waals surface area contributed by atoms with E-state index in [9.17, 15) is 13.2 Å². The van der Waals surface area contributed by atoms with E-state index in [1.807, 2.05) is 4.72 Å². The Hall–Kier alpha value is -1.81. The molecule has 1 aliphatic rings. The third kappa shape index (κ3) is 3.45. The van der Waals surface area contributed by atoms with Crippen LogP contribution in [-0.4, -0.2) is 43.4 Å². The van der Waals surface area contributed by atoms with Gasteiger partial charge in [-0.3, -0.25) is 0 Å². The summed E-state index contributed by atoms with van der Waals surface area (Å²) in [5, 5.41) is 6.42. The van der Waals surface area contributed by atoms with Crippen molar-refractivity contribution < 1.29 is 17.9 Å². The second kappa shape index (κ2) is 5.90. The van der Waals surface area contributed by atoms with Crippen LogP contribution >= 0.6 is 0 Å². The van der Waals surface area contributed by atoms with E-state index in [-0.39, 0.29) is 22.7 Å². The van der Waals surface area contributed by atoms with Gasteiger partial charge in [0.05, 0.1) is 19.3 Å². The van der Waals surface area contributed by atoms with Crippen LogP contribution in [0.4, 0.5) is 4.79 Å². The second-order valence-electron chi connectivity index (χ2n) is 5.14. The van der Waals surface area contributed by atoms with E-state index in [1.165, 1.54) is 10.9 Å². The van der Waals surface area contributed by atoms with E-state index in [0.717, 1.165) is 0 Å². The molecule has 1 unspecified atom stereocenters. The topological polar surface area (TPSA) is 128 Å². The van der Waals surface area contributed by atoms with Crippen LogP contribution in [0, 0.1) is 5.92 Å². The molecule has 10 heteroatoms. The summed E-state index contributed by atoms with van der Waals surface area (Å²) in [7, 11) is -4.03. The molecule has 1 aromatic heterocycles. The molecule has 0 saturated heterocycles. The van der Waals surface area contributed by atoms with Gasteiger partial charge in [0.25, 0.3) is 10.0 Å². The molecule has 1 atom stereocenters. The molecule has 21 heavy (non-hydrogen) atoms. The minimum atomic E-state index is -4.03. The van der Waals surface area contributed by atoms with Crippen LogP contribution in [0.15, 0.2) is 11.1 Å². The molecule has 0 spiro atoms. The first-order valence-corrected chi connectivity index (χ1v) is 8.03. The molecule has 0 aromatic carbocycles. The van der Waals surface area contributed by atoms with Crippen molar-refractivity contribution in [2.24, 2.45) is 11.7 Å². The molecule has 1 aromatic rings. The number of ether oxygens (including phenoxy) is 1. The van der Waals surface area contributed by atoms with Crippen LogP contribution in [0.5, 0.6) is 5.88 Å². The summed E-state index contributed by atoms with van der Waals surface area (Å²) in [4.78, 5) is 11.4. The average Bonchev–Trinajstić information content (AvgIpc) is 2.80. The van der Waals surface area contributed by atoms with Crippen LogP contribution in [0.3, 0.4) is 0 Å². The summed E-state index contributed by atoms with van der Waals surface area (Å²) < 4.78 is 33.1. The number of nitrogens with two attached hydrogens (primary N) is 1. The predicted molar refractivity (Wildman–Crippen MR) is 74.3 cm³/mol. The number of nitrogens with zero attached hydrogens (tertiary/aromatic N) is 2. The second-order valence-corrected chi connectivity index (χ2v) is 6.79. The summed E-state index contributed by atoms with van der Waals surface area (Å²) in [6.07, 6.45) is 1.17. The van der Waals surface area contributed by atoms with Gasteiger partial charge < -0.3 is 15.8 Å². The molecule has 2 amide bonds. The number of hydrogen-bond donors (Lipinski definition) is 3. The molecule has 118 valence electrons. The maximum atomic E-state index is 12.2. The van der Waals surface area contributed by atoms with Crippen LogP contribution < -0.4 is 20.5 Å². The quantitative estimate of drug-likeness (QED) is 0.670. The molecule has 4 N–H and O–H groups in total. The van der Waals surface area contributed by atoms with Crippen LogP contribution in [0.25, 0.3) is 0 Å². The maximum absolute atomic E-state index is 12.2. The molecule has 0 saturated carbocycles. The first kappa shape index (κ1) is 15.6. The molecule has 2 heterocycles. The molecule has 0 radical (unpaired) electrons. The summed E-state index contributed by atoms with van der Waals surface area (Å²) in [5.41, 5.74) is 5.56. The Labute approximate surface area is 122 Å². The van der Waals surface area contributed by atoms with E-state index in [4.69, 9.17) is 10.5 Å². The lowest BCUT2D eigenvalue weighted by Gasteiger charge is -2.23. The Morgan fingerprint density at radius 2 is 2.33 bits per heavy atom. The van der Waals surface area contributed by atoms with Gasteiger partial charge in [-0.15, -0.1) is 0 Å². The van der Waals surface area contributed by atoms with Crippen molar-refractivity contribution in [3.05, 3.63) is 6.20 Å². The van der Waals surface area contributed by atoms with Gasteiger partial charge in [0.15, 0.2) is 4.90 Å². The largest absolute Gasteiger partial charge is 0.476 e. The summed E-state index contributed by atoms with van der Waals surface area (Å²) in [5.74, 6) is 0.217. The first-order valence-electron chi connectivity index (χ1n) is 6.55. The van der Waals surface area contributed by atoms with Crippen LogP contribution in [0.2, 0.25) is 0 Å². The smallest absolute Gasteiger partial charge is 0.328 e. The van der Waals surface area contributed by atoms with Crippen molar-refractivity contribution in [3.63, 3.8) is 0 Å². The van der Waals surface area contributed by atoms with E-state index in [0.29, 0.717) is 19.7 Å². The highest BCUT2D eigenvalue weighted by Gasteiger charge is 2.30. The lowest BCUT2D eigenvalue weighted by molar-refractivity contribution is 0.164. The zero-order valence-corrected chi connectivity index (χ0v) is 12.7. The Balaban J connectivity index is 2.19. The first-order chi connectivity index (χ1) is 9.83. The Bertz CT molecular complexity index is 625. The Kier molecular flexibility index (Phi) is 4.37. The number of fused-ring (bicyclic) bond motifs is 1. The third-order valence-corrected chi connectivity index (χ3v) is 4.23. The minimum Gasteiger partial charge on any atom is -0.476 e. The van der Waals surface area contributed by atoms with Crippen molar-refractivity contribution in [1.29, 1.82) is 0 Å². The summed E-state index contributed by atoms with van der Waals surface area (Å²) >= 11 is 0. The van der Waals surface area contributed by atoms with E-state index < -0.39 is 16.1 Å². The van der Waals surface area contributed by atoms with Crippen LogP contribution in [-0.2, 0) is 16.6 Å². The minimum absolute atomic E-state index is 0.0881. The number of nitrogens with one attached hydrogen (secondary N) is 2. The number of sulfonamides is 1. The fraction of sp³-hybridized carbons (Fsp3) is 0.636. The highest BCUT2D eigenvalue weighted by Crippen LogP contribution is 2.27. The molecular formula is C11H19N5O4S. The number of amides is 2. The SMILES string of the molecule is CC(C)NC(=O)NS(=O)(=O)c1cnn2c1OCC(CN)C2. The van der Waals surface area contributed by atoms with Gasteiger partial charge in [0, 0.05) is 18.5 Å². The Morgan fingerprint density at radius 3 is 2.95 bits per heavy atom. The van der Waals surface area contributed by atoms with Gasteiger partial charge >= 0.3 is 6.03 Å². The van der Waals surface area contributed by atoms with Crippen LogP contribution in [0.1, 0.15) is 13.8 Å². The van der Waals surface area contributed by atoms with Crippen molar-refractivity contribution in [2.75, 3.05) is 13.2 Å². The van der Waals surface area contributed by atoms with Gasteiger partial charge in [0.2, 0.25) is 5.88 Å². The third-order valence-electron chi connectivity index (χ3n) is 2.92. The number of hydrogen-bond acceptors (Lipinski definition) is 6. The molecule has 0 fully saturated rings. The lowest BCUT2D eigenvalue weighted by Crippen LogP contribution is -2.42. The number of rotatable bonds is 4. The summed E-state index contributed by atoms with van der Waals surface area (Å²) in [6.45, 7) is 4.69. The van der Waals surface area contributed by atoms with Crippen molar-refractivity contribution in [2.45, 2.75) is 31.3 Å². The number of urea groups is 1. The van der Waals surface area contributed by atoms with Crippen molar-refractivity contribution >= 4 is 16.1 Å². The maximum Gasteiger partial charge on any atom is 0.328 e. The average molecular weight is 317 g/mol. The standard InChI is InChI=1S/C11H19N5O4S/c1-7(2)14-11(17)15-21(18,19)9-4-13-16-5-8(3-12)6-20-10(9)16/h4,7-8H,3,5-6,12H2,1-2H3,(H2,14,15,17). The molecule has 9 nitrogen and oxygen atoms in total. The normalized spacial score (nSPS) is 18.0. The van der Waals surface area contributed by atoms with Crippen molar-refractivity contribution in [3.8, 4) is 5.88 Å². The monoisotopic (exact) mass is 317 g/mol. The van der Waals surface area contributed by atoms with Gasteiger partial charge in [-0.25, -0.2) is 22.6 Å². The highest BCUT2D eigenvalue weighted by atomic mass is 32.2. The number of carbonyl (C=O) groups is 1. The molecule has 2 rings (SSSR count). The lowest BCUT2D eigenvalue weighted by atomic mass is 10.1. The van der Waals surface area contributed by atoms with E-state index >= 15 is 0 Å². The van der Waals surface area contributed by atoms with E-state index in [2.05, 4.69) is 10.4 Å². The van der Waals surface area contributed by atoms with Gasteiger partial charge in [-0.05, 0) is 13.8 Å². The van der Waals surface area contributed by atoms with Gasteiger partial charge in [0.1, 0.15) is 0 Å². The molecule has 0 aliphatic carbocycles. The zero-order valence-electron chi connectivity index (χ0n) is 11.9. The summed E-state index contributed by atoms with van der Waals surface area (Å²) in [6, 6.07) is -0.969. The molecule has 0 bridgehead atoms. The number of aromatic nitrogens is 2. The highest BCUT2D eigenvalue weighted by molar-refractivity contribution is 7.90. The molecular weight excluding hydrogens is 298 g/mol. The fourth-order valence-electron chi connectivity index (χ4n) is 1.92. The Morgan fingerprint density at radius 1 is 1.62 bits per heavy atom.